The summed E-state index contributed by atoms with van der Waals surface area (Å²) < 4.78 is 33.3. The maximum Gasteiger partial charge on any atom is 0.282 e. The SMILES string of the molecule is COc1ccccc1NC1=C(c2ccc(C)cc2C)C(=O)N(c2ccc(F)cc2F)C1=O. The Morgan fingerprint density at radius 1 is 0.906 bits per heavy atom. The first-order chi connectivity index (χ1) is 15.3. The van der Waals surface area contributed by atoms with Gasteiger partial charge in [-0.3, -0.25) is 9.59 Å². The number of aryl methyl sites for hydroxylation is 2. The summed E-state index contributed by atoms with van der Waals surface area (Å²) in [5.41, 5.74) is 2.54. The molecule has 1 N–H and O–H groups in total. The van der Waals surface area contributed by atoms with Crippen molar-refractivity contribution in [3.63, 3.8) is 0 Å². The molecule has 0 aromatic heterocycles. The van der Waals surface area contributed by atoms with Gasteiger partial charge in [0.25, 0.3) is 11.8 Å². The maximum atomic E-state index is 14.5. The van der Waals surface area contributed by atoms with Crippen LogP contribution in [0.5, 0.6) is 5.75 Å². The van der Waals surface area contributed by atoms with Gasteiger partial charge in [-0.2, -0.15) is 0 Å². The van der Waals surface area contributed by atoms with Gasteiger partial charge in [0.05, 0.1) is 24.1 Å². The van der Waals surface area contributed by atoms with E-state index < -0.39 is 23.4 Å². The van der Waals surface area contributed by atoms with Crippen LogP contribution in [-0.2, 0) is 9.59 Å². The summed E-state index contributed by atoms with van der Waals surface area (Å²) in [5, 5.41) is 3.01. The second kappa shape index (κ2) is 8.26. The van der Waals surface area contributed by atoms with Gasteiger partial charge in [-0.15, -0.1) is 0 Å². The second-order valence-corrected chi connectivity index (χ2v) is 7.44. The zero-order chi connectivity index (χ0) is 23.0. The highest BCUT2D eigenvalue weighted by Gasteiger charge is 2.42. The van der Waals surface area contributed by atoms with Gasteiger partial charge in [-0.25, -0.2) is 13.7 Å². The molecule has 0 unspecified atom stereocenters. The highest BCUT2D eigenvalue weighted by Crippen LogP contribution is 2.37. The van der Waals surface area contributed by atoms with Crippen molar-refractivity contribution in [2.45, 2.75) is 13.8 Å². The number of rotatable bonds is 5. The molecule has 0 saturated heterocycles. The number of amides is 2. The van der Waals surface area contributed by atoms with Crippen LogP contribution in [0.15, 0.2) is 66.4 Å². The van der Waals surface area contributed by atoms with E-state index in [2.05, 4.69) is 5.32 Å². The predicted octanol–water partition coefficient (Wildman–Crippen LogP) is 4.99. The summed E-state index contributed by atoms with van der Waals surface area (Å²) in [6.45, 7) is 3.75. The van der Waals surface area contributed by atoms with Crippen molar-refractivity contribution in [1.82, 2.24) is 0 Å². The van der Waals surface area contributed by atoms with E-state index in [4.69, 9.17) is 4.74 Å². The van der Waals surface area contributed by atoms with Crippen molar-refractivity contribution in [3.05, 3.63) is 94.7 Å². The number of imide groups is 1. The third-order valence-corrected chi connectivity index (χ3v) is 5.25. The molecule has 3 aromatic carbocycles. The number of ether oxygens (including phenoxy) is 1. The average molecular weight is 434 g/mol. The number of nitrogens with one attached hydrogen (secondary N) is 1. The molecule has 0 aliphatic carbocycles. The molecule has 4 rings (SSSR count). The second-order valence-electron chi connectivity index (χ2n) is 7.44. The van der Waals surface area contributed by atoms with E-state index in [1.54, 1.807) is 30.3 Å². The van der Waals surface area contributed by atoms with Gasteiger partial charge < -0.3 is 10.1 Å². The van der Waals surface area contributed by atoms with Crippen LogP contribution < -0.4 is 15.0 Å². The van der Waals surface area contributed by atoms with Crippen LogP contribution in [0, 0.1) is 25.5 Å². The minimum absolute atomic E-state index is 0.0184. The van der Waals surface area contributed by atoms with E-state index in [9.17, 15) is 18.4 Å². The first-order valence-corrected chi connectivity index (χ1v) is 9.87. The van der Waals surface area contributed by atoms with Gasteiger partial charge in [0.1, 0.15) is 23.1 Å². The molecule has 1 heterocycles. The van der Waals surface area contributed by atoms with E-state index in [-0.39, 0.29) is 17.0 Å². The number of hydrogen-bond donors (Lipinski definition) is 1. The first-order valence-electron chi connectivity index (χ1n) is 9.87. The van der Waals surface area contributed by atoms with Crippen LogP contribution in [0.25, 0.3) is 5.57 Å². The Morgan fingerprint density at radius 2 is 1.66 bits per heavy atom. The molecule has 0 spiro atoms. The minimum atomic E-state index is -1.01. The molecule has 0 bridgehead atoms. The normalized spacial score (nSPS) is 13.7. The number of benzene rings is 3. The lowest BCUT2D eigenvalue weighted by Gasteiger charge is -2.16. The largest absolute Gasteiger partial charge is 0.495 e. The zero-order valence-corrected chi connectivity index (χ0v) is 17.7. The number of hydrogen-bond acceptors (Lipinski definition) is 4. The molecule has 5 nitrogen and oxygen atoms in total. The van der Waals surface area contributed by atoms with Crippen LogP contribution in [-0.4, -0.2) is 18.9 Å². The van der Waals surface area contributed by atoms with Crippen LogP contribution in [0.3, 0.4) is 0 Å². The van der Waals surface area contributed by atoms with Crippen LogP contribution in [0.2, 0.25) is 0 Å². The van der Waals surface area contributed by atoms with Crippen molar-refractivity contribution < 1.29 is 23.1 Å². The lowest BCUT2D eigenvalue weighted by atomic mass is 9.97. The molecule has 2 amide bonds. The van der Waals surface area contributed by atoms with Crippen LogP contribution >= 0.6 is 0 Å². The molecule has 1 aliphatic heterocycles. The summed E-state index contributed by atoms with van der Waals surface area (Å²) in [5.74, 6) is -2.80. The molecule has 1 aliphatic rings. The van der Waals surface area contributed by atoms with E-state index in [0.29, 0.717) is 23.1 Å². The van der Waals surface area contributed by atoms with E-state index in [1.807, 2.05) is 26.0 Å². The molecule has 0 saturated carbocycles. The van der Waals surface area contributed by atoms with Gasteiger partial charge in [0.15, 0.2) is 0 Å². The van der Waals surface area contributed by atoms with Crippen LogP contribution in [0.1, 0.15) is 16.7 Å². The van der Waals surface area contributed by atoms with Gasteiger partial charge in [-0.05, 0) is 49.2 Å². The summed E-state index contributed by atoms with van der Waals surface area (Å²) in [6.07, 6.45) is 0. The molecule has 32 heavy (non-hydrogen) atoms. The molecular weight excluding hydrogens is 414 g/mol. The highest BCUT2D eigenvalue weighted by atomic mass is 19.1. The average Bonchev–Trinajstić information content (AvgIpc) is 2.99. The van der Waals surface area contributed by atoms with Gasteiger partial charge in [0, 0.05) is 6.07 Å². The Balaban J connectivity index is 1.89. The summed E-state index contributed by atoms with van der Waals surface area (Å²) in [4.78, 5) is 27.6. The topological polar surface area (TPSA) is 58.6 Å². The zero-order valence-electron chi connectivity index (χ0n) is 17.7. The maximum absolute atomic E-state index is 14.5. The lowest BCUT2D eigenvalue weighted by Crippen LogP contribution is -2.33. The molecule has 0 atom stereocenters. The Labute approximate surface area is 183 Å². The Bertz CT molecular complexity index is 1280. The third kappa shape index (κ3) is 3.62. The number of anilines is 2. The van der Waals surface area contributed by atoms with Crippen molar-refractivity contribution in [3.8, 4) is 5.75 Å². The van der Waals surface area contributed by atoms with E-state index in [0.717, 1.165) is 28.2 Å². The highest BCUT2D eigenvalue weighted by molar-refractivity contribution is 6.46. The molecule has 162 valence electrons. The Hall–Kier alpha value is -4.00. The van der Waals surface area contributed by atoms with Gasteiger partial charge in [0.2, 0.25) is 0 Å². The minimum Gasteiger partial charge on any atom is -0.495 e. The number of nitrogens with zero attached hydrogens (tertiary/aromatic N) is 1. The number of carbonyl (C=O) groups is 2. The molecule has 0 fully saturated rings. The third-order valence-electron chi connectivity index (χ3n) is 5.25. The lowest BCUT2D eigenvalue weighted by molar-refractivity contribution is -0.120. The van der Waals surface area contributed by atoms with Crippen molar-refractivity contribution in [1.29, 1.82) is 0 Å². The van der Waals surface area contributed by atoms with E-state index >= 15 is 0 Å². The molecular formula is C25H20F2N2O3. The van der Waals surface area contributed by atoms with Gasteiger partial charge >= 0.3 is 0 Å². The quantitative estimate of drug-likeness (QED) is 0.575. The molecule has 7 heteroatoms. The fourth-order valence-corrected chi connectivity index (χ4v) is 3.75. The standard InChI is InChI=1S/C25H20F2N2O3/c1-14-8-10-17(15(2)12-14)22-23(28-19-6-4-5-7-21(19)32-3)25(31)29(24(22)30)20-11-9-16(26)13-18(20)27/h4-13,28H,1-3H3. The van der Waals surface area contributed by atoms with E-state index in [1.165, 1.54) is 7.11 Å². The summed E-state index contributed by atoms with van der Waals surface area (Å²) in [7, 11) is 1.49. The predicted molar refractivity (Wildman–Crippen MR) is 118 cm³/mol. The van der Waals surface area contributed by atoms with Crippen molar-refractivity contribution in [2.24, 2.45) is 0 Å². The Kier molecular flexibility index (Phi) is 5.48. The van der Waals surface area contributed by atoms with Crippen molar-refractivity contribution in [2.75, 3.05) is 17.3 Å². The number of halogens is 2. The Morgan fingerprint density at radius 3 is 2.34 bits per heavy atom. The number of para-hydroxylation sites is 2. The smallest absolute Gasteiger partial charge is 0.282 e. The van der Waals surface area contributed by atoms with Crippen LogP contribution in [0.4, 0.5) is 20.2 Å². The fourth-order valence-electron chi connectivity index (χ4n) is 3.75. The number of carbonyl (C=O) groups excluding carboxylic acids is 2. The molecule has 3 aromatic rings. The summed E-state index contributed by atoms with van der Waals surface area (Å²) in [6, 6.07) is 15.1. The number of methoxy groups -OCH3 is 1. The van der Waals surface area contributed by atoms with Gasteiger partial charge in [-0.1, -0.05) is 35.9 Å². The summed E-state index contributed by atoms with van der Waals surface area (Å²) >= 11 is 0. The van der Waals surface area contributed by atoms with Crippen molar-refractivity contribution >= 4 is 28.8 Å². The molecule has 0 radical (unpaired) electrons. The fraction of sp³-hybridized carbons (Fsp3) is 0.120. The first kappa shape index (κ1) is 21.2. The monoisotopic (exact) mass is 434 g/mol.